The largest absolute Gasteiger partial charge is 0.478 e. The fraction of sp³-hybridized carbons (Fsp3) is 0.167. The Kier molecular flexibility index (Phi) is 3.36. The van der Waals surface area contributed by atoms with Gasteiger partial charge in [-0.25, -0.2) is 9.18 Å². The van der Waals surface area contributed by atoms with E-state index >= 15 is 0 Å². The summed E-state index contributed by atoms with van der Waals surface area (Å²) in [5, 5.41) is 8.08. The molecule has 5 heteroatoms. The van der Waals surface area contributed by atoms with Crippen molar-refractivity contribution in [3.8, 4) is 0 Å². The number of aliphatic carboxylic acids is 1. The summed E-state index contributed by atoms with van der Waals surface area (Å²) < 4.78 is 34.6. The predicted molar refractivity (Wildman–Crippen MR) is 31.7 cm³/mol. The highest BCUT2D eigenvalue weighted by atomic mass is 19.3. The SMILES string of the molecule is C=C(CC(F)=C(F)F)C(=O)O. The summed E-state index contributed by atoms with van der Waals surface area (Å²) in [5.41, 5.74) is -0.602. The summed E-state index contributed by atoms with van der Waals surface area (Å²) in [5.74, 6) is -3.24. The van der Waals surface area contributed by atoms with Crippen molar-refractivity contribution < 1.29 is 23.1 Å². The zero-order valence-corrected chi connectivity index (χ0v) is 5.40. The summed E-state index contributed by atoms with van der Waals surface area (Å²) in [7, 11) is 0. The second-order valence-corrected chi connectivity index (χ2v) is 1.75. The van der Waals surface area contributed by atoms with Gasteiger partial charge in [-0.2, -0.15) is 8.78 Å². The van der Waals surface area contributed by atoms with Gasteiger partial charge in [0.05, 0.1) is 0 Å². The molecule has 0 heterocycles. The van der Waals surface area contributed by atoms with Crippen molar-refractivity contribution in [3.05, 3.63) is 24.1 Å². The van der Waals surface area contributed by atoms with Gasteiger partial charge in [0.25, 0.3) is 0 Å². The van der Waals surface area contributed by atoms with E-state index in [1.54, 1.807) is 0 Å². The van der Waals surface area contributed by atoms with Crippen molar-refractivity contribution in [2.45, 2.75) is 6.42 Å². The minimum atomic E-state index is -2.51. The van der Waals surface area contributed by atoms with E-state index in [4.69, 9.17) is 5.11 Å². The van der Waals surface area contributed by atoms with Crippen LogP contribution in [0.5, 0.6) is 0 Å². The Hall–Kier alpha value is -1.26. The van der Waals surface area contributed by atoms with Gasteiger partial charge >= 0.3 is 12.0 Å². The molecule has 0 atom stereocenters. The van der Waals surface area contributed by atoms with Gasteiger partial charge in [0.2, 0.25) is 0 Å². The molecule has 11 heavy (non-hydrogen) atoms. The standard InChI is InChI=1S/C6H5F3O2/c1-3(6(10)11)2-4(7)5(8)9/h1-2H2,(H,10,11). The quantitative estimate of drug-likeness (QED) is 0.652. The zero-order chi connectivity index (χ0) is 9.02. The number of allylic oxidation sites excluding steroid dienone is 1. The minimum absolute atomic E-state index is 0.602. The molecule has 2 nitrogen and oxygen atoms in total. The van der Waals surface area contributed by atoms with Crippen LogP contribution in [0, 0.1) is 0 Å². The maximum Gasteiger partial charge on any atom is 0.331 e. The number of hydrogen-bond donors (Lipinski definition) is 1. The maximum atomic E-state index is 11.9. The van der Waals surface area contributed by atoms with Crippen molar-refractivity contribution in [3.63, 3.8) is 0 Å². The molecule has 0 spiro atoms. The lowest BCUT2D eigenvalue weighted by atomic mass is 10.2. The van der Waals surface area contributed by atoms with E-state index in [1.807, 2.05) is 0 Å². The van der Waals surface area contributed by atoms with Gasteiger partial charge in [0.15, 0.2) is 5.83 Å². The Labute approximate surface area is 60.6 Å². The molecule has 0 aliphatic rings. The van der Waals surface area contributed by atoms with E-state index in [2.05, 4.69) is 6.58 Å². The van der Waals surface area contributed by atoms with E-state index in [0.29, 0.717) is 0 Å². The molecule has 0 saturated carbocycles. The average Bonchev–Trinajstić information content (AvgIpc) is 1.87. The van der Waals surface area contributed by atoms with Crippen LogP contribution in [0.25, 0.3) is 0 Å². The number of rotatable bonds is 3. The fourth-order valence-corrected chi connectivity index (χ4v) is 0.330. The highest BCUT2D eigenvalue weighted by molar-refractivity contribution is 5.86. The zero-order valence-electron chi connectivity index (χ0n) is 5.40. The molecule has 0 fully saturated rings. The first kappa shape index (κ1) is 9.74. The fourth-order valence-electron chi connectivity index (χ4n) is 0.330. The van der Waals surface area contributed by atoms with Crippen molar-refractivity contribution in [1.82, 2.24) is 0 Å². The van der Waals surface area contributed by atoms with Crippen molar-refractivity contribution in [2.75, 3.05) is 0 Å². The number of halogens is 3. The van der Waals surface area contributed by atoms with Gasteiger partial charge in [-0.3, -0.25) is 0 Å². The average molecular weight is 166 g/mol. The molecule has 0 aromatic heterocycles. The first-order valence-corrected chi connectivity index (χ1v) is 2.56. The van der Waals surface area contributed by atoms with E-state index in [1.165, 1.54) is 0 Å². The third-order valence-electron chi connectivity index (χ3n) is 0.876. The van der Waals surface area contributed by atoms with Crippen LogP contribution in [0.3, 0.4) is 0 Å². The van der Waals surface area contributed by atoms with Gasteiger partial charge < -0.3 is 5.11 Å². The van der Waals surface area contributed by atoms with Crippen LogP contribution < -0.4 is 0 Å². The molecule has 0 aliphatic carbocycles. The number of carboxylic acids is 1. The predicted octanol–water partition coefficient (Wildman–Crippen LogP) is 2.09. The van der Waals surface area contributed by atoms with Crippen LogP contribution in [0.1, 0.15) is 6.42 Å². The van der Waals surface area contributed by atoms with Crippen LogP contribution in [0.15, 0.2) is 24.1 Å². The molecule has 0 aromatic rings. The van der Waals surface area contributed by atoms with Gasteiger partial charge in [-0.1, -0.05) is 6.58 Å². The maximum absolute atomic E-state index is 11.9. The molecule has 0 amide bonds. The molecule has 0 rings (SSSR count). The molecule has 1 N–H and O–H groups in total. The lowest BCUT2D eigenvalue weighted by Gasteiger charge is -1.94. The smallest absolute Gasteiger partial charge is 0.331 e. The van der Waals surface area contributed by atoms with Crippen LogP contribution >= 0.6 is 0 Å². The molecule has 0 radical (unpaired) electrons. The minimum Gasteiger partial charge on any atom is -0.478 e. The monoisotopic (exact) mass is 166 g/mol. The van der Waals surface area contributed by atoms with E-state index in [0.717, 1.165) is 0 Å². The molecule has 0 bridgehead atoms. The Morgan fingerprint density at radius 1 is 1.36 bits per heavy atom. The van der Waals surface area contributed by atoms with Crippen molar-refractivity contribution in [2.24, 2.45) is 0 Å². The van der Waals surface area contributed by atoms with Gasteiger partial charge in [0, 0.05) is 12.0 Å². The molecule has 0 aromatic carbocycles. The second kappa shape index (κ2) is 3.80. The highest BCUT2D eigenvalue weighted by Gasteiger charge is 2.11. The van der Waals surface area contributed by atoms with E-state index < -0.39 is 29.9 Å². The van der Waals surface area contributed by atoms with Crippen LogP contribution in [0.4, 0.5) is 13.2 Å². The van der Waals surface area contributed by atoms with Crippen LogP contribution in [-0.4, -0.2) is 11.1 Å². The Bertz CT molecular complexity index is 216. The van der Waals surface area contributed by atoms with Gasteiger partial charge in [-0.05, 0) is 0 Å². The first-order valence-electron chi connectivity index (χ1n) is 2.56. The lowest BCUT2D eigenvalue weighted by molar-refractivity contribution is -0.132. The summed E-state index contributed by atoms with van der Waals surface area (Å²) in [6, 6.07) is 0. The van der Waals surface area contributed by atoms with E-state index in [-0.39, 0.29) is 0 Å². The van der Waals surface area contributed by atoms with Crippen LogP contribution in [-0.2, 0) is 4.79 Å². The number of carbonyl (C=O) groups is 1. The Morgan fingerprint density at radius 3 is 2.09 bits per heavy atom. The van der Waals surface area contributed by atoms with E-state index in [9.17, 15) is 18.0 Å². The number of carboxylic acid groups (broad SMARTS) is 1. The third kappa shape index (κ3) is 3.44. The van der Waals surface area contributed by atoms with Crippen molar-refractivity contribution in [1.29, 1.82) is 0 Å². The molecule has 0 unspecified atom stereocenters. The summed E-state index contributed by atoms with van der Waals surface area (Å²) >= 11 is 0. The topological polar surface area (TPSA) is 37.3 Å². The van der Waals surface area contributed by atoms with Gasteiger partial charge in [0.1, 0.15) is 0 Å². The molecular weight excluding hydrogens is 161 g/mol. The summed E-state index contributed by atoms with van der Waals surface area (Å²) in [4.78, 5) is 9.92. The normalized spacial score (nSPS) is 9.00. The summed E-state index contributed by atoms with van der Waals surface area (Å²) in [6.07, 6.45) is -3.45. The Balaban J connectivity index is 4.18. The molecule has 62 valence electrons. The Morgan fingerprint density at radius 2 is 1.82 bits per heavy atom. The third-order valence-corrected chi connectivity index (χ3v) is 0.876. The lowest BCUT2D eigenvalue weighted by Crippen LogP contribution is -1.98. The van der Waals surface area contributed by atoms with Gasteiger partial charge in [-0.15, -0.1) is 0 Å². The molecule has 0 saturated heterocycles. The first-order chi connectivity index (χ1) is 4.95. The number of hydrogen-bond acceptors (Lipinski definition) is 1. The van der Waals surface area contributed by atoms with Crippen molar-refractivity contribution >= 4 is 5.97 Å². The second-order valence-electron chi connectivity index (χ2n) is 1.75. The summed E-state index contributed by atoms with van der Waals surface area (Å²) in [6.45, 7) is 2.87. The molecule has 0 aliphatic heterocycles. The molecular formula is C6H5F3O2. The highest BCUT2D eigenvalue weighted by Crippen LogP contribution is 2.16. The van der Waals surface area contributed by atoms with Crippen LogP contribution in [0.2, 0.25) is 0 Å².